The maximum absolute atomic E-state index is 14.3. The molecule has 0 atom stereocenters. The van der Waals surface area contributed by atoms with Crippen LogP contribution in [-0.2, 0) is 5.54 Å². The molecule has 0 aromatic heterocycles. The van der Waals surface area contributed by atoms with Crippen LogP contribution in [-0.4, -0.2) is 34.0 Å². The highest BCUT2D eigenvalue weighted by atomic mass is 32.1. The van der Waals surface area contributed by atoms with Crippen molar-refractivity contribution in [3.63, 3.8) is 0 Å². The summed E-state index contributed by atoms with van der Waals surface area (Å²) in [5.74, 6) is 0.987. The van der Waals surface area contributed by atoms with E-state index in [9.17, 15) is 14.9 Å². The summed E-state index contributed by atoms with van der Waals surface area (Å²) in [5, 5.41) is 22.8. The Labute approximate surface area is 260 Å². The summed E-state index contributed by atoms with van der Waals surface area (Å²) >= 11 is 5.73. The number of hydrogen-bond donors (Lipinski definition) is 4. The Morgan fingerprint density at radius 3 is 2.00 bits per heavy atom. The fourth-order valence-electron chi connectivity index (χ4n) is 6.11. The van der Waals surface area contributed by atoms with Gasteiger partial charge >= 0.3 is 0 Å². The number of amides is 1. The number of ether oxygens (including phenoxy) is 1. The van der Waals surface area contributed by atoms with E-state index < -0.39 is 10.5 Å². The third kappa shape index (κ3) is 4.56. The second-order valence-electron chi connectivity index (χ2n) is 10.8. The molecule has 0 radical (unpaired) electrons. The highest BCUT2D eigenvalue weighted by Crippen LogP contribution is 2.58. The van der Waals surface area contributed by atoms with Gasteiger partial charge in [0.1, 0.15) is 17.0 Å². The Morgan fingerprint density at radius 2 is 1.45 bits per heavy atom. The van der Waals surface area contributed by atoms with E-state index in [4.69, 9.17) is 17.0 Å². The average Bonchev–Trinajstić information content (AvgIpc) is 3.23. The lowest BCUT2D eigenvalue weighted by atomic mass is 9.74. The topological polar surface area (TPSA) is 121 Å². The molecule has 11 heteroatoms. The van der Waals surface area contributed by atoms with Crippen molar-refractivity contribution in [3.8, 4) is 11.5 Å². The highest BCUT2D eigenvalue weighted by molar-refractivity contribution is 7.80. The van der Waals surface area contributed by atoms with E-state index >= 15 is 0 Å². The number of benzene rings is 4. The van der Waals surface area contributed by atoms with Crippen molar-refractivity contribution in [1.82, 2.24) is 10.4 Å². The number of rotatable bonds is 7. The number of fused-ring (bicyclic) bond motifs is 6. The molecule has 4 N–H and O–H groups in total. The first-order valence-electron chi connectivity index (χ1n) is 14.4. The van der Waals surface area contributed by atoms with Gasteiger partial charge in [-0.3, -0.25) is 20.3 Å². The Balaban J connectivity index is 1.55. The van der Waals surface area contributed by atoms with E-state index in [0.29, 0.717) is 22.7 Å². The number of non-ortho nitro benzene ring substituents is 1. The zero-order chi connectivity index (χ0) is 31.2. The third-order valence-electron chi connectivity index (χ3n) is 8.02. The molecule has 0 fully saturated rings. The third-order valence-corrected chi connectivity index (χ3v) is 8.22. The summed E-state index contributed by atoms with van der Waals surface area (Å²) < 4.78 is 6.63. The first-order valence-corrected chi connectivity index (χ1v) is 14.8. The van der Waals surface area contributed by atoms with Gasteiger partial charge in [-0.05, 0) is 81.4 Å². The van der Waals surface area contributed by atoms with Gasteiger partial charge in [0, 0.05) is 76.7 Å². The van der Waals surface area contributed by atoms with E-state index in [0.717, 1.165) is 52.3 Å². The van der Waals surface area contributed by atoms with E-state index in [-0.39, 0.29) is 16.7 Å². The molecule has 2 heterocycles. The average molecular weight is 609 g/mol. The Hall–Kier alpha value is -5.16. The van der Waals surface area contributed by atoms with E-state index in [2.05, 4.69) is 33.5 Å². The van der Waals surface area contributed by atoms with Gasteiger partial charge in [0.2, 0.25) is 0 Å². The fourth-order valence-corrected chi connectivity index (χ4v) is 6.32. The molecule has 6 rings (SSSR count). The molecule has 1 spiro atoms. The molecule has 224 valence electrons. The molecular weight excluding hydrogens is 576 g/mol. The number of anilines is 3. The van der Waals surface area contributed by atoms with Gasteiger partial charge in [0.05, 0.1) is 4.92 Å². The summed E-state index contributed by atoms with van der Waals surface area (Å²) in [6, 6.07) is 21.6. The Bertz CT molecular complexity index is 1760. The Kier molecular flexibility index (Phi) is 7.34. The number of carbonyl (C=O) groups excluding carboxylic acids is 1. The number of hydrazine groups is 1. The zero-order valence-electron chi connectivity index (χ0n) is 24.8. The van der Waals surface area contributed by atoms with Crippen molar-refractivity contribution in [2.45, 2.75) is 33.2 Å². The lowest BCUT2D eigenvalue weighted by Gasteiger charge is -2.44. The number of nitrogens with zero attached hydrogens (tertiary/aromatic N) is 2. The van der Waals surface area contributed by atoms with Crippen LogP contribution in [0, 0.1) is 24.0 Å². The van der Waals surface area contributed by atoms with E-state index in [1.54, 1.807) is 17.1 Å². The van der Waals surface area contributed by atoms with Crippen molar-refractivity contribution in [1.29, 1.82) is 0 Å². The SMILES string of the molecule is CCNc1cc2c(cc1C)C1(c3cc(C)c(NCC)cc3O2)c2ccccc2C(=O)N1NC(=S)Nc1ccc([N+](=O)[O-])cc1. The van der Waals surface area contributed by atoms with Crippen molar-refractivity contribution < 1.29 is 14.5 Å². The van der Waals surface area contributed by atoms with Crippen LogP contribution in [0.2, 0.25) is 0 Å². The first kappa shape index (κ1) is 28.9. The normalized spacial score (nSPS) is 13.8. The van der Waals surface area contributed by atoms with Crippen LogP contribution in [0.1, 0.15) is 52.0 Å². The summed E-state index contributed by atoms with van der Waals surface area (Å²) in [5.41, 5.74) is 9.39. The number of nitro groups is 1. The minimum absolute atomic E-state index is 0.0337. The van der Waals surface area contributed by atoms with Crippen LogP contribution in [0.15, 0.2) is 72.8 Å². The van der Waals surface area contributed by atoms with Crippen LogP contribution in [0.3, 0.4) is 0 Å². The van der Waals surface area contributed by atoms with E-state index in [1.165, 1.54) is 12.1 Å². The summed E-state index contributed by atoms with van der Waals surface area (Å²) in [6.45, 7) is 9.62. The first-order chi connectivity index (χ1) is 21.2. The smallest absolute Gasteiger partial charge is 0.274 e. The van der Waals surface area contributed by atoms with Gasteiger partial charge < -0.3 is 20.7 Å². The predicted octanol–water partition coefficient (Wildman–Crippen LogP) is 6.83. The fraction of sp³-hybridized carbons (Fsp3) is 0.212. The lowest BCUT2D eigenvalue weighted by Crippen LogP contribution is -2.56. The van der Waals surface area contributed by atoms with Gasteiger partial charge in [-0.25, -0.2) is 5.01 Å². The molecular formula is C33H32N6O4S. The number of nitro benzene ring substituents is 1. The number of nitrogens with one attached hydrogen (secondary N) is 4. The predicted molar refractivity (Wildman–Crippen MR) is 176 cm³/mol. The van der Waals surface area contributed by atoms with Gasteiger partial charge in [-0.2, -0.15) is 0 Å². The number of carbonyl (C=O) groups is 1. The molecule has 1 amide bonds. The molecule has 44 heavy (non-hydrogen) atoms. The van der Waals surface area contributed by atoms with Crippen LogP contribution < -0.4 is 26.1 Å². The van der Waals surface area contributed by atoms with Crippen LogP contribution in [0.25, 0.3) is 0 Å². The zero-order valence-corrected chi connectivity index (χ0v) is 25.6. The molecule has 0 aliphatic carbocycles. The van der Waals surface area contributed by atoms with Crippen molar-refractivity contribution >= 4 is 46.0 Å². The maximum atomic E-state index is 14.3. The molecule has 0 unspecified atom stereocenters. The molecule has 10 nitrogen and oxygen atoms in total. The second kappa shape index (κ2) is 11.2. The minimum Gasteiger partial charge on any atom is -0.456 e. The van der Waals surface area contributed by atoms with Crippen LogP contribution in [0.4, 0.5) is 22.7 Å². The lowest BCUT2D eigenvalue weighted by molar-refractivity contribution is -0.384. The van der Waals surface area contributed by atoms with Crippen LogP contribution >= 0.6 is 12.2 Å². The number of hydrogen-bond acceptors (Lipinski definition) is 7. The molecule has 2 aliphatic rings. The van der Waals surface area contributed by atoms with Gasteiger partial charge in [0.15, 0.2) is 5.11 Å². The highest BCUT2D eigenvalue weighted by Gasteiger charge is 2.57. The Morgan fingerprint density at radius 1 is 0.886 bits per heavy atom. The van der Waals surface area contributed by atoms with Crippen molar-refractivity contribution in [2.75, 3.05) is 29.0 Å². The molecule has 4 aromatic rings. The monoisotopic (exact) mass is 608 g/mol. The van der Waals surface area contributed by atoms with Crippen LogP contribution in [0.5, 0.6) is 11.5 Å². The number of aryl methyl sites for hydroxylation is 2. The van der Waals surface area contributed by atoms with Gasteiger partial charge in [0.25, 0.3) is 11.6 Å². The molecule has 4 aromatic carbocycles. The molecule has 0 bridgehead atoms. The van der Waals surface area contributed by atoms with Crippen molar-refractivity contribution in [3.05, 3.63) is 116 Å². The van der Waals surface area contributed by atoms with E-state index in [1.807, 2.05) is 64.1 Å². The van der Waals surface area contributed by atoms with Crippen molar-refractivity contribution in [2.24, 2.45) is 0 Å². The second-order valence-corrected chi connectivity index (χ2v) is 11.2. The molecule has 2 aliphatic heterocycles. The van der Waals surface area contributed by atoms with Gasteiger partial charge in [-0.1, -0.05) is 18.2 Å². The number of thiocarbonyl (C=S) groups is 1. The van der Waals surface area contributed by atoms with Gasteiger partial charge in [-0.15, -0.1) is 0 Å². The summed E-state index contributed by atoms with van der Waals surface area (Å²) in [7, 11) is 0. The largest absolute Gasteiger partial charge is 0.456 e. The summed E-state index contributed by atoms with van der Waals surface area (Å²) in [6.07, 6.45) is 0. The maximum Gasteiger partial charge on any atom is 0.274 e. The summed E-state index contributed by atoms with van der Waals surface area (Å²) in [4.78, 5) is 25.0. The minimum atomic E-state index is -1.14. The quantitative estimate of drug-likeness (QED) is 0.102. The molecule has 0 saturated carbocycles. The molecule has 0 saturated heterocycles. The standard InChI is InChI=1S/C33H32N6O4S/c1-5-34-27-17-29-25(15-19(27)3)33(26-16-20(4)28(35-6-2)18-30(26)43-29)24-10-8-7-9-23(24)31(40)38(33)37-32(44)36-21-11-13-22(14-12-21)39(41)42/h7-18,34-35H,5-6H2,1-4H3,(H2,36,37,44).